The molecule has 7 heteroatoms. The molecule has 1 atom stereocenters. The molecule has 3 rings (SSSR count). The molecule has 0 bridgehead atoms. The van der Waals surface area contributed by atoms with E-state index in [1.807, 2.05) is 0 Å². The maximum atomic E-state index is 14.3. The largest absolute Gasteiger partial charge is 0.497 e. The van der Waals surface area contributed by atoms with Crippen molar-refractivity contribution in [2.45, 2.75) is 24.9 Å². The summed E-state index contributed by atoms with van der Waals surface area (Å²) in [6.45, 7) is 0.704. The predicted molar refractivity (Wildman–Crippen MR) is 81.5 cm³/mol. The van der Waals surface area contributed by atoms with E-state index >= 15 is 0 Å². The highest BCUT2D eigenvalue weighted by Crippen LogP contribution is 2.31. The Kier molecular flexibility index (Phi) is 4.72. The molecule has 0 aliphatic carbocycles. The van der Waals surface area contributed by atoms with E-state index in [9.17, 15) is 9.50 Å². The first-order valence-electron chi connectivity index (χ1n) is 7.37. The normalized spacial score (nSPS) is 23.0. The third-order valence-corrected chi connectivity index (χ3v) is 3.81. The molecule has 1 saturated heterocycles. The lowest BCUT2D eigenvalue weighted by Gasteiger charge is -2.29. The van der Waals surface area contributed by atoms with Crippen molar-refractivity contribution < 1.29 is 23.7 Å². The average Bonchev–Trinajstić information content (AvgIpc) is 2.56. The van der Waals surface area contributed by atoms with Gasteiger partial charge in [0.25, 0.3) is 0 Å². The van der Waals surface area contributed by atoms with Crippen LogP contribution in [0.5, 0.6) is 5.75 Å². The van der Waals surface area contributed by atoms with Crippen LogP contribution in [0.3, 0.4) is 0 Å². The Hall–Kier alpha value is -1.80. The molecule has 0 amide bonds. The molecule has 3 N–H and O–H groups in total. The second-order valence-corrected chi connectivity index (χ2v) is 5.51. The van der Waals surface area contributed by atoms with Crippen LogP contribution in [-0.4, -0.2) is 42.7 Å². The fraction of sp³-hybridized carbons (Fsp3) is 0.438. The molecule has 2 heterocycles. The van der Waals surface area contributed by atoms with Crippen molar-refractivity contribution in [1.29, 1.82) is 0 Å². The van der Waals surface area contributed by atoms with Gasteiger partial charge in [0.15, 0.2) is 6.29 Å². The predicted octanol–water partition coefficient (Wildman–Crippen LogP) is 1.51. The van der Waals surface area contributed by atoms with Gasteiger partial charge in [-0.3, -0.25) is 4.98 Å². The van der Waals surface area contributed by atoms with Crippen molar-refractivity contribution in [1.82, 2.24) is 4.98 Å². The first kappa shape index (κ1) is 16.1. The molecule has 0 radical (unpaired) electrons. The first-order chi connectivity index (χ1) is 11.1. The lowest BCUT2D eigenvalue weighted by atomic mass is 10.0. The fourth-order valence-corrected chi connectivity index (χ4v) is 2.63. The van der Waals surface area contributed by atoms with E-state index in [0.717, 1.165) is 6.20 Å². The molecule has 1 aliphatic heterocycles. The highest BCUT2D eigenvalue weighted by molar-refractivity contribution is 5.84. The third-order valence-electron chi connectivity index (χ3n) is 3.81. The Bertz CT molecular complexity index is 689. The first-order valence-corrected chi connectivity index (χ1v) is 7.37. The summed E-state index contributed by atoms with van der Waals surface area (Å²) >= 11 is 0. The van der Waals surface area contributed by atoms with Gasteiger partial charge in [0, 0.05) is 17.4 Å². The summed E-state index contributed by atoms with van der Waals surface area (Å²) in [7, 11) is 1.52. The van der Waals surface area contributed by atoms with Crippen molar-refractivity contribution >= 4 is 10.9 Å². The minimum absolute atomic E-state index is 0.111. The van der Waals surface area contributed by atoms with Crippen LogP contribution in [-0.2, 0) is 9.47 Å². The number of aromatic nitrogens is 1. The molecule has 124 valence electrons. The van der Waals surface area contributed by atoms with Gasteiger partial charge in [-0.2, -0.15) is 0 Å². The smallest absolute Gasteiger partial charge is 0.160 e. The summed E-state index contributed by atoms with van der Waals surface area (Å²) in [5, 5.41) is 11.0. The summed E-state index contributed by atoms with van der Waals surface area (Å²) in [6.07, 6.45) is -0.490. The van der Waals surface area contributed by atoms with Gasteiger partial charge in [0.1, 0.15) is 11.6 Å². The number of aliphatic hydroxyl groups excluding tert-OH is 1. The summed E-state index contributed by atoms with van der Waals surface area (Å²) in [4.78, 5) is 4.04. The van der Waals surface area contributed by atoms with Crippen LogP contribution >= 0.6 is 0 Å². The van der Waals surface area contributed by atoms with Gasteiger partial charge in [-0.25, -0.2) is 4.39 Å². The zero-order valence-electron chi connectivity index (χ0n) is 12.7. The van der Waals surface area contributed by atoms with E-state index in [4.69, 9.17) is 19.9 Å². The second kappa shape index (κ2) is 6.76. The van der Waals surface area contributed by atoms with Gasteiger partial charge >= 0.3 is 0 Å². The van der Waals surface area contributed by atoms with Crippen LogP contribution < -0.4 is 10.5 Å². The number of nitrogens with two attached hydrogens (primary N) is 1. The van der Waals surface area contributed by atoms with E-state index in [2.05, 4.69) is 4.98 Å². The van der Waals surface area contributed by atoms with E-state index in [1.165, 1.54) is 7.11 Å². The Morgan fingerprint density at radius 3 is 2.87 bits per heavy atom. The maximum Gasteiger partial charge on any atom is 0.160 e. The Morgan fingerprint density at radius 1 is 1.43 bits per heavy atom. The second-order valence-electron chi connectivity index (χ2n) is 5.51. The van der Waals surface area contributed by atoms with Crippen molar-refractivity contribution in [2.24, 2.45) is 5.73 Å². The lowest BCUT2D eigenvalue weighted by molar-refractivity contribution is -0.197. The van der Waals surface area contributed by atoms with Gasteiger partial charge in [-0.15, -0.1) is 0 Å². The van der Waals surface area contributed by atoms with Crippen molar-refractivity contribution in [3.05, 3.63) is 35.8 Å². The van der Waals surface area contributed by atoms with Crippen LogP contribution in [0.2, 0.25) is 0 Å². The van der Waals surface area contributed by atoms with Gasteiger partial charge in [0.05, 0.1) is 44.2 Å². The summed E-state index contributed by atoms with van der Waals surface area (Å²) in [5.74, 6) is -0.0137. The highest BCUT2D eigenvalue weighted by Gasteiger charge is 2.26. The number of pyridine rings is 1. The van der Waals surface area contributed by atoms with Gasteiger partial charge in [-0.1, -0.05) is 0 Å². The van der Waals surface area contributed by atoms with Crippen LogP contribution in [0.1, 0.15) is 18.1 Å². The molecule has 1 aliphatic rings. The van der Waals surface area contributed by atoms with Gasteiger partial charge in [-0.05, 0) is 18.2 Å². The highest BCUT2D eigenvalue weighted by atomic mass is 19.1. The van der Waals surface area contributed by atoms with Crippen molar-refractivity contribution in [2.75, 3.05) is 20.3 Å². The van der Waals surface area contributed by atoms with E-state index in [1.54, 1.807) is 18.2 Å². The zero-order chi connectivity index (χ0) is 16.4. The van der Waals surface area contributed by atoms with Crippen molar-refractivity contribution in [3.8, 4) is 5.75 Å². The van der Waals surface area contributed by atoms with Crippen LogP contribution in [0.25, 0.3) is 10.9 Å². The summed E-state index contributed by atoms with van der Waals surface area (Å²) < 4.78 is 30.2. The number of halogens is 1. The fourth-order valence-electron chi connectivity index (χ4n) is 2.63. The zero-order valence-corrected chi connectivity index (χ0v) is 12.7. The number of nitrogens with zero attached hydrogens (tertiary/aromatic N) is 1. The molecule has 1 aromatic carbocycles. The Morgan fingerprint density at radius 2 is 2.17 bits per heavy atom. The molecule has 1 unspecified atom stereocenters. The number of benzene rings is 1. The maximum absolute atomic E-state index is 14.3. The standard InChI is InChI=1S/C16H19FN2O4/c1-21-10-2-3-13-11(4-10)16(12(17)6-19-13)14(20)5-15-22-7-9(18)8-23-15/h2-4,6,9,14-15,20H,5,7-8,18H2,1H3/t9-,14?,15-. The minimum atomic E-state index is -1.09. The van der Waals surface area contributed by atoms with E-state index in [0.29, 0.717) is 29.9 Å². The van der Waals surface area contributed by atoms with E-state index in [-0.39, 0.29) is 18.0 Å². The number of fused-ring (bicyclic) bond motifs is 1. The molecule has 6 nitrogen and oxygen atoms in total. The van der Waals surface area contributed by atoms with Gasteiger partial charge in [0.2, 0.25) is 0 Å². The number of hydrogen-bond donors (Lipinski definition) is 2. The molecule has 0 spiro atoms. The monoisotopic (exact) mass is 322 g/mol. The van der Waals surface area contributed by atoms with Crippen molar-refractivity contribution in [3.63, 3.8) is 0 Å². The quantitative estimate of drug-likeness (QED) is 0.887. The molecule has 1 fully saturated rings. The lowest BCUT2D eigenvalue weighted by Crippen LogP contribution is -2.41. The Balaban J connectivity index is 1.89. The van der Waals surface area contributed by atoms with E-state index < -0.39 is 18.2 Å². The minimum Gasteiger partial charge on any atom is -0.497 e. The average molecular weight is 322 g/mol. The molecular formula is C16H19FN2O4. The SMILES string of the molecule is COc1ccc2ncc(F)c(C(O)C[C@H]3OC[C@H](N)CO3)c2c1. The topological polar surface area (TPSA) is 86.8 Å². The molecule has 2 aromatic rings. The summed E-state index contributed by atoms with van der Waals surface area (Å²) in [6, 6.07) is 4.93. The van der Waals surface area contributed by atoms with Crippen LogP contribution in [0, 0.1) is 5.82 Å². The molecular weight excluding hydrogens is 303 g/mol. The Labute approximate surface area is 133 Å². The number of ether oxygens (including phenoxy) is 3. The van der Waals surface area contributed by atoms with Gasteiger partial charge < -0.3 is 25.1 Å². The molecule has 1 aromatic heterocycles. The number of methoxy groups -OCH3 is 1. The third kappa shape index (κ3) is 3.42. The van der Waals surface area contributed by atoms with Crippen LogP contribution in [0.4, 0.5) is 4.39 Å². The molecule has 23 heavy (non-hydrogen) atoms. The number of rotatable bonds is 4. The number of aliphatic hydroxyl groups is 1. The molecule has 0 saturated carbocycles. The van der Waals surface area contributed by atoms with Crippen LogP contribution in [0.15, 0.2) is 24.4 Å². The number of hydrogen-bond acceptors (Lipinski definition) is 6. The summed E-state index contributed by atoms with van der Waals surface area (Å²) in [5.41, 5.74) is 6.42.